The van der Waals surface area contributed by atoms with Gasteiger partial charge in [0.1, 0.15) is 12.4 Å². The van der Waals surface area contributed by atoms with Gasteiger partial charge in [-0.05, 0) is 18.6 Å². The number of carbonyl (C=O) groups excluding carboxylic acids is 1. The number of carbonyl (C=O) groups is 1. The molecule has 1 amide bonds. The van der Waals surface area contributed by atoms with Crippen LogP contribution in [0.15, 0.2) is 22.7 Å². The van der Waals surface area contributed by atoms with Gasteiger partial charge in [-0.3, -0.25) is 9.69 Å². The predicted molar refractivity (Wildman–Crippen MR) is 88.2 cm³/mol. The number of aryl methyl sites for hydroxylation is 1. The van der Waals surface area contributed by atoms with Gasteiger partial charge in [0.05, 0.1) is 6.54 Å². The minimum Gasteiger partial charge on any atom is -0.375 e. The average Bonchev–Trinajstić information content (AvgIpc) is 3.07. The fourth-order valence-corrected chi connectivity index (χ4v) is 2.73. The molecule has 0 saturated carbocycles. The fraction of sp³-hybridized carbons (Fsp3) is 0.471. The van der Waals surface area contributed by atoms with Crippen LogP contribution in [0, 0.1) is 12.7 Å². The number of amides is 1. The summed E-state index contributed by atoms with van der Waals surface area (Å²) in [5, 5.41) is 3.93. The maximum absolute atomic E-state index is 13.7. The van der Waals surface area contributed by atoms with Crippen LogP contribution in [0.4, 0.5) is 4.39 Å². The number of benzene rings is 1. The van der Waals surface area contributed by atoms with Gasteiger partial charge in [0.15, 0.2) is 0 Å². The standard InChI is InChI=1S/C17H21FN4O3/c1-12-3-4-13(9-14(12)18)17-19-15(25-20-17)10-21-5-7-22(8-6-21)16(23)11-24-2/h3-4,9H,5-8,10-11H2,1-2H3. The zero-order chi connectivity index (χ0) is 17.8. The number of aromatic nitrogens is 2. The molecule has 1 aromatic carbocycles. The molecule has 1 aromatic heterocycles. The van der Waals surface area contributed by atoms with Crippen molar-refractivity contribution in [3.63, 3.8) is 0 Å². The van der Waals surface area contributed by atoms with E-state index in [1.807, 2.05) is 0 Å². The number of ether oxygens (including phenoxy) is 1. The van der Waals surface area contributed by atoms with Crippen molar-refractivity contribution < 1.29 is 18.4 Å². The van der Waals surface area contributed by atoms with E-state index >= 15 is 0 Å². The Bertz CT molecular complexity index is 741. The van der Waals surface area contributed by atoms with Gasteiger partial charge < -0.3 is 14.2 Å². The Labute approximate surface area is 145 Å². The second-order valence-electron chi connectivity index (χ2n) is 6.07. The summed E-state index contributed by atoms with van der Waals surface area (Å²) in [6, 6.07) is 4.87. The fourth-order valence-electron chi connectivity index (χ4n) is 2.73. The number of nitrogens with zero attached hydrogens (tertiary/aromatic N) is 4. The third-order valence-electron chi connectivity index (χ3n) is 4.25. The van der Waals surface area contributed by atoms with Crippen LogP contribution in [0.25, 0.3) is 11.4 Å². The summed E-state index contributed by atoms with van der Waals surface area (Å²) < 4.78 is 23.8. The van der Waals surface area contributed by atoms with Gasteiger partial charge >= 0.3 is 0 Å². The molecule has 0 aliphatic carbocycles. The second-order valence-corrected chi connectivity index (χ2v) is 6.07. The molecule has 0 radical (unpaired) electrons. The zero-order valence-electron chi connectivity index (χ0n) is 14.4. The van der Waals surface area contributed by atoms with Gasteiger partial charge in [-0.2, -0.15) is 4.98 Å². The second kappa shape index (κ2) is 7.71. The first-order valence-corrected chi connectivity index (χ1v) is 8.15. The lowest BCUT2D eigenvalue weighted by atomic mass is 10.1. The van der Waals surface area contributed by atoms with Crippen LogP contribution < -0.4 is 0 Å². The quantitative estimate of drug-likeness (QED) is 0.815. The Hall–Kier alpha value is -2.32. The van der Waals surface area contributed by atoms with E-state index in [2.05, 4.69) is 15.0 Å². The molecule has 134 valence electrons. The number of piperazine rings is 1. The minimum absolute atomic E-state index is 0.00336. The molecule has 2 heterocycles. The van der Waals surface area contributed by atoms with Crippen molar-refractivity contribution in [3.8, 4) is 11.4 Å². The normalized spacial score (nSPS) is 15.6. The molecule has 1 fully saturated rings. The summed E-state index contributed by atoms with van der Waals surface area (Å²) in [6.45, 7) is 5.07. The molecule has 8 heteroatoms. The number of hydrogen-bond acceptors (Lipinski definition) is 6. The van der Waals surface area contributed by atoms with Crippen LogP contribution in [-0.2, 0) is 16.1 Å². The molecule has 1 aliphatic heterocycles. The molecule has 7 nitrogen and oxygen atoms in total. The summed E-state index contributed by atoms with van der Waals surface area (Å²) in [4.78, 5) is 20.1. The van der Waals surface area contributed by atoms with Crippen molar-refractivity contribution in [2.24, 2.45) is 0 Å². The highest BCUT2D eigenvalue weighted by molar-refractivity contribution is 5.77. The highest BCUT2D eigenvalue weighted by Gasteiger charge is 2.22. The summed E-state index contributed by atoms with van der Waals surface area (Å²) in [7, 11) is 1.52. The molecule has 0 spiro atoms. The van der Waals surface area contributed by atoms with Crippen LogP contribution in [0.3, 0.4) is 0 Å². The summed E-state index contributed by atoms with van der Waals surface area (Å²) in [6.07, 6.45) is 0. The van der Waals surface area contributed by atoms with Crippen molar-refractivity contribution in [1.29, 1.82) is 0 Å². The molecule has 0 unspecified atom stereocenters. The predicted octanol–water partition coefficient (Wildman–Crippen LogP) is 1.47. The van der Waals surface area contributed by atoms with Crippen LogP contribution >= 0.6 is 0 Å². The number of hydrogen-bond donors (Lipinski definition) is 0. The van der Waals surface area contributed by atoms with E-state index in [4.69, 9.17) is 9.26 Å². The molecule has 1 aliphatic rings. The first kappa shape index (κ1) is 17.5. The van der Waals surface area contributed by atoms with Crippen molar-refractivity contribution >= 4 is 5.91 Å². The Morgan fingerprint density at radius 3 is 2.76 bits per heavy atom. The third-order valence-corrected chi connectivity index (χ3v) is 4.25. The third kappa shape index (κ3) is 4.21. The Kier molecular flexibility index (Phi) is 5.40. The summed E-state index contributed by atoms with van der Waals surface area (Å²) >= 11 is 0. The molecule has 1 saturated heterocycles. The zero-order valence-corrected chi connectivity index (χ0v) is 14.4. The maximum Gasteiger partial charge on any atom is 0.248 e. The summed E-state index contributed by atoms with van der Waals surface area (Å²) in [5.41, 5.74) is 1.17. The molecular formula is C17H21FN4O3. The van der Waals surface area contributed by atoms with Gasteiger partial charge in [0.2, 0.25) is 17.6 Å². The Balaban J connectivity index is 1.57. The Morgan fingerprint density at radius 2 is 2.08 bits per heavy atom. The van der Waals surface area contributed by atoms with E-state index in [0.29, 0.717) is 42.5 Å². The monoisotopic (exact) mass is 348 g/mol. The lowest BCUT2D eigenvalue weighted by molar-refractivity contribution is -0.137. The van der Waals surface area contributed by atoms with E-state index in [9.17, 15) is 9.18 Å². The topological polar surface area (TPSA) is 71.7 Å². The van der Waals surface area contributed by atoms with Crippen LogP contribution in [0.2, 0.25) is 0 Å². The van der Waals surface area contributed by atoms with Crippen LogP contribution in [0.1, 0.15) is 11.5 Å². The molecule has 3 rings (SSSR count). The van der Waals surface area contributed by atoms with Gasteiger partial charge in [0, 0.05) is 38.9 Å². The first-order valence-electron chi connectivity index (χ1n) is 8.15. The maximum atomic E-state index is 13.7. The Morgan fingerprint density at radius 1 is 1.32 bits per heavy atom. The van der Waals surface area contributed by atoms with Crippen molar-refractivity contribution in [3.05, 3.63) is 35.5 Å². The first-order chi connectivity index (χ1) is 12.1. The lowest BCUT2D eigenvalue weighted by Gasteiger charge is -2.33. The molecule has 0 bridgehead atoms. The summed E-state index contributed by atoms with van der Waals surface area (Å²) in [5.74, 6) is 0.569. The molecular weight excluding hydrogens is 327 g/mol. The molecule has 2 aromatic rings. The van der Waals surface area contributed by atoms with Gasteiger partial charge in [0.25, 0.3) is 0 Å². The van der Waals surface area contributed by atoms with Gasteiger partial charge in [-0.25, -0.2) is 4.39 Å². The van der Waals surface area contributed by atoms with Crippen molar-refractivity contribution in [1.82, 2.24) is 19.9 Å². The molecule has 0 atom stereocenters. The van der Waals surface area contributed by atoms with Crippen molar-refractivity contribution in [2.45, 2.75) is 13.5 Å². The van der Waals surface area contributed by atoms with Crippen LogP contribution in [-0.4, -0.2) is 65.7 Å². The van der Waals surface area contributed by atoms with E-state index < -0.39 is 0 Å². The largest absolute Gasteiger partial charge is 0.375 e. The van der Waals surface area contributed by atoms with E-state index in [1.165, 1.54) is 13.2 Å². The number of halogens is 1. The van der Waals surface area contributed by atoms with Gasteiger partial charge in [-0.1, -0.05) is 17.3 Å². The van der Waals surface area contributed by atoms with E-state index in [-0.39, 0.29) is 18.3 Å². The molecule has 25 heavy (non-hydrogen) atoms. The lowest BCUT2D eigenvalue weighted by Crippen LogP contribution is -2.49. The number of methoxy groups -OCH3 is 1. The number of rotatable bonds is 5. The van der Waals surface area contributed by atoms with Crippen molar-refractivity contribution in [2.75, 3.05) is 39.9 Å². The van der Waals surface area contributed by atoms with Gasteiger partial charge in [-0.15, -0.1) is 0 Å². The highest BCUT2D eigenvalue weighted by atomic mass is 19.1. The van der Waals surface area contributed by atoms with E-state index in [0.717, 1.165) is 13.1 Å². The highest BCUT2D eigenvalue weighted by Crippen LogP contribution is 2.19. The van der Waals surface area contributed by atoms with Crippen LogP contribution in [0.5, 0.6) is 0 Å². The average molecular weight is 348 g/mol. The smallest absolute Gasteiger partial charge is 0.248 e. The minimum atomic E-state index is -0.291. The van der Waals surface area contributed by atoms with E-state index in [1.54, 1.807) is 24.0 Å². The molecule has 0 N–H and O–H groups in total. The SMILES string of the molecule is COCC(=O)N1CCN(Cc2nc(-c3ccc(C)c(F)c3)no2)CC1.